The molecule has 0 radical (unpaired) electrons. The van der Waals surface area contributed by atoms with E-state index in [4.69, 9.17) is 0 Å². The van der Waals surface area contributed by atoms with E-state index < -0.39 is 0 Å². The summed E-state index contributed by atoms with van der Waals surface area (Å²) >= 11 is 0. The molecule has 2 fully saturated rings. The number of carbonyl (C=O) groups is 1. The molecule has 0 amide bonds. The van der Waals surface area contributed by atoms with E-state index in [1.165, 1.54) is 32.1 Å². The number of allylic oxidation sites excluding steroid dienone is 2. The Labute approximate surface area is 124 Å². The third-order valence-electron chi connectivity index (χ3n) is 7.22. The van der Waals surface area contributed by atoms with Crippen LogP contribution < -0.4 is 0 Å². The number of hydrogen-bond acceptors (Lipinski definition) is 1. The normalized spacial score (nSPS) is 46.4. The lowest BCUT2D eigenvalue weighted by Gasteiger charge is -2.61. The lowest BCUT2D eigenvalue weighted by atomic mass is 9.44. The van der Waals surface area contributed by atoms with Gasteiger partial charge >= 0.3 is 0 Å². The SMILES string of the molecule is CC(=O)C1=C[C@@]2(C)CC[C@H]3C(C)(C)CCC[C@]3(C)[C@H]2C1. The summed E-state index contributed by atoms with van der Waals surface area (Å²) < 4.78 is 0. The number of ketones is 1. The molecule has 3 aliphatic carbocycles. The van der Waals surface area contributed by atoms with Crippen LogP contribution in [-0.4, -0.2) is 5.78 Å². The maximum Gasteiger partial charge on any atom is 0.155 e. The molecule has 0 bridgehead atoms. The highest BCUT2D eigenvalue weighted by Crippen LogP contribution is 2.67. The first-order valence-corrected chi connectivity index (χ1v) is 8.42. The van der Waals surface area contributed by atoms with Crippen LogP contribution in [0.2, 0.25) is 0 Å². The average Bonchev–Trinajstić information content (AvgIpc) is 2.67. The van der Waals surface area contributed by atoms with Crippen molar-refractivity contribution in [2.24, 2.45) is 28.1 Å². The molecule has 2 saturated carbocycles. The summed E-state index contributed by atoms with van der Waals surface area (Å²) in [6.07, 6.45) is 10.1. The van der Waals surface area contributed by atoms with E-state index >= 15 is 0 Å². The van der Waals surface area contributed by atoms with E-state index in [0.29, 0.717) is 22.5 Å². The molecule has 0 unspecified atom stereocenters. The third kappa shape index (κ3) is 1.84. The molecule has 3 rings (SSSR count). The van der Waals surface area contributed by atoms with Gasteiger partial charge in [-0.3, -0.25) is 4.79 Å². The predicted molar refractivity (Wildman–Crippen MR) is 83.4 cm³/mol. The van der Waals surface area contributed by atoms with Gasteiger partial charge in [-0.25, -0.2) is 0 Å². The Bertz CT molecular complexity index is 472. The molecular formula is C19H30O. The van der Waals surface area contributed by atoms with Crippen molar-refractivity contribution in [3.63, 3.8) is 0 Å². The summed E-state index contributed by atoms with van der Waals surface area (Å²) in [5.41, 5.74) is 2.30. The molecule has 0 heterocycles. The standard InChI is InChI=1S/C19H30O/c1-13(20)14-11-16-18(4,12-14)10-7-15-17(2,3)8-6-9-19(15,16)5/h12,15-16H,6-11H2,1-5H3/t15-,16-,18+,19-/m0/s1. The van der Waals surface area contributed by atoms with Gasteiger partial charge in [0.1, 0.15) is 0 Å². The Hall–Kier alpha value is -0.590. The van der Waals surface area contributed by atoms with Crippen molar-refractivity contribution in [1.82, 2.24) is 0 Å². The molecule has 4 atom stereocenters. The summed E-state index contributed by atoms with van der Waals surface area (Å²) in [4.78, 5) is 11.9. The molecule has 0 aromatic rings. The summed E-state index contributed by atoms with van der Waals surface area (Å²) in [5, 5.41) is 0. The minimum Gasteiger partial charge on any atom is -0.295 e. The van der Waals surface area contributed by atoms with E-state index in [2.05, 4.69) is 33.8 Å². The molecule has 0 aliphatic heterocycles. The van der Waals surface area contributed by atoms with Gasteiger partial charge in [0.25, 0.3) is 0 Å². The van der Waals surface area contributed by atoms with Crippen molar-refractivity contribution in [3.05, 3.63) is 11.6 Å². The zero-order valence-corrected chi connectivity index (χ0v) is 13.9. The third-order valence-corrected chi connectivity index (χ3v) is 7.22. The van der Waals surface area contributed by atoms with E-state index in [1.54, 1.807) is 6.92 Å². The van der Waals surface area contributed by atoms with Gasteiger partial charge in [0.15, 0.2) is 5.78 Å². The highest BCUT2D eigenvalue weighted by Gasteiger charge is 2.59. The molecule has 0 saturated heterocycles. The first-order valence-electron chi connectivity index (χ1n) is 8.42. The van der Waals surface area contributed by atoms with Gasteiger partial charge in [0.05, 0.1) is 0 Å². The van der Waals surface area contributed by atoms with Crippen LogP contribution >= 0.6 is 0 Å². The Morgan fingerprint density at radius 2 is 1.80 bits per heavy atom. The highest BCUT2D eigenvalue weighted by atomic mass is 16.1. The van der Waals surface area contributed by atoms with Gasteiger partial charge in [0, 0.05) is 0 Å². The smallest absolute Gasteiger partial charge is 0.155 e. The zero-order valence-electron chi connectivity index (χ0n) is 13.9. The second kappa shape index (κ2) is 4.21. The van der Waals surface area contributed by atoms with Crippen molar-refractivity contribution in [2.75, 3.05) is 0 Å². The van der Waals surface area contributed by atoms with Crippen molar-refractivity contribution < 1.29 is 4.79 Å². The van der Waals surface area contributed by atoms with Gasteiger partial charge in [-0.15, -0.1) is 0 Å². The largest absolute Gasteiger partial charge is 0.295 e. The molecule has 0 N–H and O–H groups in total. The topological polar surface area (TPSA) is 17.1 Å². The molecular weight excluding hydrogens is 244 g/mol. The number of rotatable bonds is 1. The van der Waals surface area contributed by atoms with E-state index in [0.717, 1.165) is 17.9 Å². The summed E-state index contributed by atoms with van der Waals surface area (Å²) in [7, 11) is 0. The molecule has 0 spiro atoms. The van der Waals surface area contributed by atoms with E-state index in [1.807, 2.05) is 0 Å². The molecule has 20 heavy (non-hydrogen) atoms. The fourth-order valence-corrected chi connectivity index (χ4v) is 6.25. The maximum atomic E-state index is 11.9. The summed E-state index contributed by atoms with van der Waals surface area (Å²) in [6.45, 7) is 11.7. The van der Waals surface area contributed by atoms with E-state index in [9.17, 15) is 4.79 Å². The monoisotopic (exact) mass is 274 g/mol. The van der Waals surface area contributed by atoms with Crippen molar-refractivity contribution in [1.29, 1.82) is 0 Å². The van der Waals surface area contributed by atoms with Crippen LogP contribution in [0.4, 0.5) is 0 Å². The molecule has 0 aromatic carbocycles. The molecule has 112 valence electrons. The minimum absolute atomic E-state index is 0.277. The van der Waals surface area contributed by atoms with Gasteiger partial charge in [0.2, 0.25) is 0 Å². The summed E-state index contributed by atoms with van der Waals surface area (Å²) in [6, 6.07) is 0. The molecule has 0 aromatic heterocycles. The van der Waals surface area contributed by atoms with Gasteiger partial charge in [-0.1, -0.05) is 40.2 Å². The van der Waals surface area contributed by atoms with Gasteiger partial charge in [-0.2, -0.15) is 0 Å². The fraction of sp³-hybridized carbons (Fsp3) is 0.842. The van der Waals surface area contributed by atoms with Gasteiger partial charge in [-0.05, 0) is 72.7 Å². The summed E-state index contributed by atoms with van der Waals surface area (Å²) in [5.74, 6) is 1.82. The van der Waals surface area contributed by atoms with Crippen LogP contribution in [0.3, 0.4) is 0 Å². The van der Waals surface area contributed by atoms with Crippen LogP contribution in [0.15, 0.2) is 11.6 Å². The minimum atomic E-state index is 0.277. The van der Waals surface area contributed by atoms with Crippen LogP contribution in [0.25, 0.3) is 0 Å². The Morgan fingerprint density at radius 1 is 1.10 bits per heavy atom. The number of Topliss-reactive ketones (excluding diaryl/α,β-unsaturated/α-hetero) is 1. The van der Waals surface area contributed by atoms with Crippen LogP contribution in [-0.2, 0) is 4.79 Å². The Balaban J connectivity index is 1.98. The lowest BCUT2D eigenvalue weighted by molar-refractivity contribution is -0.115. The van der Waals surface area contributed by atoms with Crippen LogP contribution in [0.1, 0.15) is 73.1 Å². The Kier molecular flexibility index (Phi) is 3.02. The van der Waals surface area contributed by atoms with Crippen molar-refractivity contribution in [2.45, 2.75) is 73.1 Å². The van der Waals surface area contributed by atoms with E-state index in [-0.39, 0.29) is 5.41 Å². The van der Waals surface area contributed by atoms with Crippen LogP contribution in [0.5, 0.6) is 0 Å². The first-order chi connectivity index (χ1) is 9.19. The zero-order chi connectivity index (χ0) is 14.8. The molecule has 1 heteroatoms. The molecule has 1 nitrogen and oxygen atoms in total. The number of fused-ring (bicyclic) bond motifs is 3. The predicted octanol–water partition coefficient (Wildman–Crippen LogP) is 5.15. The highest BCUT2D eigenvalue weighted by molar-refractivity contribution is 5.94. The fourth-order valence-electron chi connectivity index (χ4n) is 6.25. The number of carbonyl (C=O) groups excluding carboxylic acids is 1. The molecule has 3 aliphatic rings. The Morgan fingerprint density at radius 3 is 2.45 bits per heavy atom. The quantitative estimate of drug-likeness (QED) is 0.646. The lowest BCUT2D eigenvalue weighted by Crippen LogP contribution is -2.53. The van der Waals surface area contributed by atoms with Gasteiger partial charge < -0.3 is 0 Å². The van der Waals surface area contributed by atoms with Crippen molar-refractivity contribution >= 4 is 5.78 Å². The second-order valence-corrected chi connectivity index (χ2v) is 8.93. The maximum absolute atomic E-state index is 11.9. The number of hydrogen-bond donors (Lipinski definition) is 0. The first kappa shape index (κ1) is 14.4. The second-order valence-electron chi connectivity index (χ2n) is 8.93. The van der Waals surface area contributed by atoms with Crippen LogP contribution in [0, 0.1) is 28.1 Å². The average molecular weight is 274 g/mol. The van der Waals surface area contributed by atoms with Crippen molar-refractivity contribution in [3.8, 4) is 0 Å².